The second kappa shape index (κ2) is 5.72. The molecule has 1 heteroatoms. The van der Waals surface area contributed by atoms with Crippen LogP contribution >= 0.6 is 0 Å². The molecule has 1 aromatic rings. The zero-order chi connectivity index (χ0) is 12.1. The lowest BCUT2D eigenvalue weighted by Gasteiger charge is -2.10. The smallest absolute Gasteiger partial charge is 0.0308 e. The summed E-state index contributed by atoms with van der Waals surface area (Å²) < 4.78 is 0. The Labute approximate surface area is 99.1 Å². The van der Waals surface area contributed by atoms with Gasteiger partial charge in [0.1, 0.15) is 0 Å². The molecule has 0 fully saturated rings. The van der Waals surface area contributed by atoms with Crippen molar-refractivity contribution in [3.8, 4) is 11.8 Å². The number of hydrogen-bond acceptors (Lipinski definition) is 1. The predicted molar refractivity (Wildman–Crippen MR) is 70.6 cm³/mol. The fourth-order valence-electron chi connectivity index (χ4n) is 1.75. The van der Waals surface area contributed by atoms with Crippen molar-refractivity contribution >= 4 is 0 Å². The lowest BCUT2D eigenvalue weighted by molar-refractivity contribution is 0.870. The van der Waals surface area contributed by atoms with E-state index < -0.39 is 0 Å². The van der Waals surface area contributed by atoms with E-state index in [1.807, 2.05) is 0 Å². The monoisotopic (exact) mass is 215 g/mol. The molecule has 0 radical (unpaired) electrons. The van der Waals surface area contributed by atoms with Crippen molar-refractivity contribution < 1.29 is 0 Å². The minimum absolute atomic E-state index is 0.722. The van der Waals surface area contributed by atoms with Crippen molar-refractivity contribution in [2.24, 2.45) is 5.73 Å². The summed E-state index contributed by atoms with van der Waals surface area (Å²) in [5.41, 5.74) is 11.9. The predicted octanol–water partition coefficient (Wildman–Crippen LogP) is 3.01. The minimum Gasteiger partial charge on any atom is -0.330 e. The van der Waals surface area contributed by atoms with Crippen LogP contribution in [0.25, 0.3) is 0 Å². The van der Waals surface area contributed by atoms with Gasteiger partial charge in [0.2, 0.25) is 0 Å². The molecule has 0 saturated carbocycles. The molecular formula is C15H21N. The highest BCUT2D eigenvalue weighted by Crippen LogP contribution is 2.20. The van der Waals surface area contributed by atoms with Gasteiger partial charge in [-0.25, -0.2) is 0 Å². The standard InChI is InChI=1S/C15H21N/c1-11-10-12(2)14(4)15(13(11)3)8-6-5-7-9-16/h10H,5,7,9,16H2,1-4H3. The first-order chi connectivity index (χ1) is 7.57. The highest BCUT2D eigenvalue weighted by Gasteiger charge is 2.05. The first kappa shape index (κ1) is 12.8. The quantitative estimate of drug-likeness (QED) is 0.595. The van der Waals surface area contributed by atoms with Gasteiger partial charge in [-0.3, -0.25) is 0 Å². The fourth-order valence-corrected chi connectivity index (χ4v) is 1.75. The van der Waals surface area contributed by atoms with Gasteiger partial charge in [-0.15, -0.1) is 0 Å². The molecule has 0 aliphatic heterocycles. The first-order valence-corrected chi connectivity index (χ1v) is 5.84. The average Bonchev–Trinajstić information content (AvgIpc) is 2.25. The van der Waals surface area contributed by atoms with Gasteiger partial charge < -0.3 is 5.73 Å². The van der Waals surface area contributed by atoms with Gasteiger partial charge in [0.25, 0.3) is 0 Å². The Balaban J connectivity index is 3.06. The fraction of sp³-hybridized carbons (Fsp3) is 0.467. The van der Waals surface area contributed by atoms with Crippen molar-refractivity contribution in [3.05, 3.63) is 33.9 Å². The van der Waals surface area contributed by atoms with E-state index in [-0.39, 0.29) is 0 Å². The van der Waals surface area contributed by atoms with Crippen LogP contribution in [-0.4, -0.2) is 6.54 Å². The number of benzene rings is 1. The van der Waals surface area contributed by atoms with Crippen LogP contribution in [-0.2, 0) is 0 Å². The van der Waals surface area contributed by atoms with Crippen LogP contribution in [0, 0.1) is 39.5 Å². The van der Waals surface area contributed by atoms with E-state index in [0.29, 0.717) is 0 Å². The lowest BCUT2D eigenvalue weighted by Crippen LogP contribution is -1.97. The molecule has 1 aromatic carbocycles. The Morgan fingerprint density at radius 3 is 2.12 bits per heavy atom. The molecule has 1 nitrogen and oxygen atoms in total. The minimum atomic E-state index is 0.722. The third kappa shape index (κ3) is 2.87. The van der Waals surface area contributed by atoms with E-state index in [9.17, 15) is 0 Å². The summed E-state index contributed by atoms with van der Waals surface area (Å²) >= 11 is 0. The molecule has 0 aromatic heterocycles. The molecule has 0 aliphatic carbocycles. The van der Waals surface area contributed by atoms with Crippen LogP contribution in [0.1, 0.15) is 40.7 Å². The summed E-state index contributed by atoms with van der Waals surface area (Å²) in [7, 11) is 0. The summed E-state index contributed by atoms with van der Waals surface area (Å²) in [5, 5.41) is 0. The number of hydrogen-bond donors (Lipinski definition) is 1. The molecule has 86 valence electrons. The molecule has 0 atom stereocenters. The third-order valence-electron chi connectivity index (χ3n) is 3.09. The molecule has 0 spiro atoms. The second-order valence-electron chi connectivity index (χ2n) is 4.33. The molecule has 0 bridgehead atoms. The lowest BCUT2D eigenvalue weighted by atomic mass is 9.94. The van der Waals surface area contributed by atoms with Crippen molar-refractivity contribution in [2.45, 2.75) is 40.5 Å². The largest absolute Gasteiger partial charge is 0.330 e. The molecule has 0 heterocycles. The molecular weight excluding hydrogens is 194 g/mol. The van der Waals surface area contributed by atoms with Crippen LogP contribution < -0.4 is 5.73 Å². The zero-order valence-electron chi connectivity index (χ0n) is 10.8. The number of nitrogens with two attached hydrogens (primary N) is 1. The van der Waals surface area contributed by atoms with E-state index in [4.69, 9.17) is 5.73 Å². The Morgan fingerprint density at radius 2 is 1.62 bits per heavy atom. The van der Waals surface area contributed by atoms with Gasteiger partial charge in [0.05, 0.1) is 0 Å². The maximum Gasteiger partial charge on any atom is 0.0308 e. The van der Waals surface area contributed by atoms with Gasteiger partial charge in [0, 0.05) is 12.0 Å². The van der Waals surface area contributed by atoms with Crippen molar-refractivity contribution in [1.29, 1.82) is 0 Å². The topological polar surface area (TPSA) is 26.0 Å². The van der Waals surface area contributed by atoms with Crippen molar-refractivity contribution in [2.75, 3.05) is 6.54 Å². The average molecular weight is 215 g/mol. The molecule has 0 saturated heterocycles. The molecule has 16 heavy (non-hydrogen) atoms. The maximum atomic E-state index is 5.45. The molecule has 2 N–H and O–H groups in total. The van der Waals surface area contributed by atoms with E-state index in [1.165, 1.54) is 27.8 Å². The Hall–Kier alpha value is -1.26. The third-order valence-corrected chi connectivity index (χ3v) is 3.09. The van der Waals surface area contributed by atoms with Crippen LogP contribution in [0.5, 0.6) is 0 Å². The molecule has 1 rings (SSSR count). The summed E-state index contributed by atoms with van der Waals surface area (Å²) in [6.07, 6.45) is 1.87. The highest BCUT2D eigenvalue weighted by atomic mass is 14.5. The van der Waals surface area contributed by atoms with E-state index in [0.717, 1.165) is 19.4 Å². The van der Waals surface area contributed by atoms with E-state index in [1.54, 1.807) is 0 Å². The van der Waals surface area contributed by atoms with E-state index in [2.05, 4.69) is 45.6 Å². The SMILES string of the molecule is Cc1cc(C)c(C)c(C#CCCCN)c1C. The summed E-state index contributed by atoms with van der Waals surface area (Å²) in [5.74, 6) is 6.50. The second-order valence-corrected chi connectivity index (χ2v) is 4.33. The normalized spacial score (nSPS) is 9.81. The molecule has 0 amide bonds. The van der Waals surface area contributed by atoms with Crippen LogP contribution in [0.4, 0.5) is 0 Å². The zero-order valence-corrected chi connectivity index (χ0v) is 10.8. The summed E-state index contributed by atoms with van der Waals surface area (Å²) in [6, 6.07) is 2.23. The number of rotatable bonds is 2. The Bertz CT molecular complexity index is 407. The van der Waals surface area contributed by atoms with E-state index >= 15 is 0 Å². The van der Waals surface area contributed by atoms with Gasteiger partial charge in [-0.2, -0.15) is 0 Å². The number of unbranched alkanes of at least 4 members (excludes halogenated alkanes) is 1. The van der Waals surface area contributed by atoms with Gasteiger partial charge in [-0.1, -0.05) is 17.9 Å². The summed E-state index contributed by atoms with van der Waals surface area (Å²) in [4.78, 5) is 0. The van der Waals surface area contributed by atoms with Gasteiger partial charge in [-0.05, 0) is 62.9 Å². The van der Waals surface area contributed by atoms with Crippen molar-refractivity contribution in [1.82, 2.24) is 0 Å². The number of aryl methyl sites for hydroxylation is 2. The highest BCUT2D eigenvalue weighted by molar-refractivity contribution is 5.52. The summed E-state index contributed by atoms with van der Waals surface area (Å²) in [6.45, 7) is 9.31. The maximum absolute atomic E-state index is 5.45. The molecule has 0 unspecified atom stereocenters. The Morgan fingerprint density at radius 1 is 1.06 bits per heavy atom. The van der Waals surface area contributed by atoms with Gasteiger partial charge >= 0.3 is 0 Å². The van der Waals surface area contributed by atoms with Crippen LogP contribution in [0.2, 0.25) is 0 Å². The van der Waals surface area contributed by atoms with Gasteiger partial charge in [0.15, 0.2) is 0 Å². The van der Waals surface area contributed by atoms with Crippen LogP contribution in [0.3, 0.4) is 0 Å². The van der Waals surface area contributed by atoms with Crippen LogP contribution in [0.15, 0.2) is 6.07 Å². The Kier molecular flexibility index (Phi) is 4.58. The van der Waals surface area contributed by atoms with Crippen molar-refractivity contribution in [3.63, 3.8) is 0 Å². The molecule has 0 aliphatic rings. The first-order valence-electron chi connectivity index (χ1n) is 5.84.